The second-order valence-corrected chi connectivity index (χ2v) is 4.22. The Hall–Kier alpha value is -1.77. The molecule has 0 saturated carbocycles. The normalized spacial score (nSPS) is 13.3. The van der Waals surface area contributed by atoms with Gasteiger partial charge in [0, 0.05) is 5.92 Å². The molecule has 0 fully saturated rings. The molecule has 1 atom stereocenters. The van der Waals surface area contributed by atoms with Gasteiger partial charge < -0.3 is 0 Å². The molecular formula is C15H13F3. The fourth-order valence-electron chi connectivity index (χ4n) is 2.05. The molecule has 0 amide bonds. The Kier molecular flexibility index (Phi) is 3.41. The first kappa shape index (κ1) is 12.7. The van der Waals surface area contributed by atoms with Gasteiger partial charge in [0.2, 0.25) is 0 Å². The summed E-state index contributed by atoms with van der Waals surface area (Å²) in [7, 11) is 0. The molecule has 0 aliphatic rings. The molecule has 0 bridgehead atoms. The summed E-state index contributed by atoms with van der Waals surface area (Å²) in [6.07, 6.45) is -4.31. The molecule has 3 heteroatoms. The van der Waals surface area contributed by atoms with Crippen molar-refractivity contribution in [3.05, 3.63) is 71.3 Å². The van der Waals surface area contributed by atoms with Gasteiger partial charge in [0.15, 0.2) is 0 Å². The summed E-state index contributed by atoms with van der Waals surface area (Å²) in [4.78, 5) is 0. The Labute approximate surface area is 104 Å². The molecule has 0 N–H and O–H groups in total. The molecule has 0 radical (unpaired) electrons. The van der Waals surface area contributed by atoms with Crippen LogP contribution in [0, 0.1) is 0 Å². The molecular weight excluding hydrogens is 237 g/mol. The number of alkyl halides is 3. The molecule has 18 heavy (non-hydrogen) atoms. The van der Waals surface area contributed by atoms with Crippen LogP contribution in [-0.2, 0) is 6.18 Å². The highest BCUT2D eigenvalue weighted by molar-refractivity contribution is 5.38. The highest BCUT2D eigenvalue weighted by atomic mass is 19.4. The maximum Gasteiger partial charge on any atom is 0.416 e. The summed E-state index contributed by atoms with van der Waals surface area (Å²) >= 11 is 0. The highest BCUT2D eigenvalue weighted by Gasteiger charge is 2.34. The fourth-order valence-corrected chi connectivity index (χ4v) is 2.05. The standard InChI is InChI=1S/C15H13F3/c1-11(12-7-3-2-4-8-12)13-9-5-6-10-14(13)15(16,17)18/h2-11H,1H3. The Balaban J connectivity index is 2.46. The van der Waals surface area contributed by atoms with Crippen molar-refractivity contribution in [2.24, 2.45) is 0 Å². The molecule has 0 nitrogen and oxygen atoms in total. The van der Waals surface area contributed by atoms with Crippen LogP contribution in [0.2, 0.25) is 0 Å². The first-order valence-electron chi connectivity index (χ1n) is 5.71. The van der Waals surface area contributed by atoms with Gasteiger partial charge in [-0.25, -0.2) is 0 Å². The van der Waals surface area contributed by atoms with Crippen LogP contribution in [0.4, 0.5) is 13.2 Å². The van der Waals surface area contributed by atoms with Crippen LogP contribution in [-0.4, -0.2) is 0 Å². The highest BCUT2D eigenvalue weighted by Crippen LogP contribution is 2.37. The van der Waals surface area contributed by atoms with E-state index in [1.807, 2.05) is 30.3 Å². The molecule has 0 saturated heterocycles. The monoisotopic (exact) mass is 250 g/mol. The van der Waals surface area contributed by atoms with E-state index in [-0.39, 0.29) is 5.92 Å². The van der Waals surface area contributed by atoms with Crippen LogP contribution >= 0.6 is 0 Å². The lowest BCUT2D eigenvalue weighted by atomic mass is 9.89. The number of hydrogen-bond acceptors (Lipinski definition) is 0. The number of halogens is 3. The third kappa shape index (κ3) is 2.55. The zero-order valence-corrected chi connectivity index (χ0v) is 9.91. The van der Waals surface area contributed by atoms with Crippen molar-refractivity contribution in [3.8, 4) is 0 Å². The Morgan fingerprint density at radius 1 is 0.833 bits per heavy atom. The van der Waals surface area contributed by atoms with Gasteiger partial charge in [0.25, 0.3) is 0 Å². The topological polar surface area (TPSA) is 0 Å². The Morgan fingerprint density at radius 2 is 1.39 bits per heavy atom. The third-order valence-corrected chi connectivity index (χ3v) is 3.03. The number of hydrogen-bond donors (Lipinski definition) is 0. The largest absolute Gasteiger partial charge is 0.416 e. The minimum atomic E-state index is -4.31. The van der Waals surface area contributed by atoms with Crippen LogP contribution in [0.3, 0.4) is 0 Å². The second-order valence-electron chi connectivity index (χ2n) is 4.22. The van der Waals surface area contributed by atoms with E-state index in [4.69, 9.17) is 0 Å². The molecule has 1 unspecified atom stereocenters. The van der Waals surface area contributed by atoms with Crippen LogP contribution in [0.1, 0.15) is 29.5 Å². The van der Waals surface area contributed by atoms with E-state index in [2.05, 4.69) is 0 Å². The summed E-state index contributed by atoms with van der Waals surface area (Å²) in [5.41, 5.74) is 0.645. The molecule has 2 rings (SSSR count). The Bertz CT molecular complexity index is 515. The van der Waals surface area contributed by atoms with Gasteiger partial charge in [-0.15, -0.1) is 0 Å². The fraction of sp³-hybridized carbons (Fsp3) is 0.200. The predicted octanol–water partition coefficient (Wildman–Crippen LogP) is 4.86. The van der Waals surface area contributed by atoms with Gasteiger partial charge >= 0.3 is 6.18 Å². The van der Waals surface area contributed by atoms with Crippen molar-refractivity contribution in [2.75, 3.05) is 0 Å². The van der Waals surface area contributed by atoms with Crippen molar-refractivity contribution in [1.29, 1.82) is 0 Å². The summed E-state index contributed by atoms with van der Waals surface area (Å²) in [6.45, 7) is 1.79. The molecule has 0 heterocycles. The lowest BCUT2D eigenvalue weighted by molar-refractivity contribution is -0.138. The van der Waals surface area contributed by atoms with Gasteiger partial charge in [0.1, 0.15) is 0 Å². The van der Waals surface area contributed by atoms with E-state index >= 15 is 0 Å². The van der Waals surface area contributed by atoms with Crippen molar-refractivity contribution >= 4 is 0 Å². The maximum atomic E-state index is 12.9. The molecule has 0 aliphatic heterocycles. The summed E-state index contributed by atoms with van der Waals surface area (Å²) in [5.74, 6) is -0.274. The van der Waals surface area contributed by atoms with Crippen LogP contribution in [0.5, 0.6) is 0 Å². The lowest BCUT2D eigenvalue weighted by Gasteiger charge is -2.18. The van der Waals surface area contributed by atoms with E-state index in [1.54, 1.807) is 19.1 Å². The van der Waals surface area contributed by atoms with E-state index in [1.165, 1.54) is 6.07 Å². The van der Waals surface area contributed by atoms with Gasteiger partial charge in [0.05, 0.1) is 5.56 Å². The molecule has 94 valence electrons. The van der Waals surface area contributed by atoms with E-state index in [0.717, 1.165) is 11.6 Å². The zero-order valence-electron chi connectivity index (χ0n) is 9.91. The SMILES string of the molecule is CC(c1ccccc1)c1ccccc1C(F)(F)F. The van der Waals surface area contributed by atoms with Crippen molar-refractivity contribution in [3.63, 3.8) is 0 Å². The maximum absolute atomic E-state index is 12.9. The average Bonchev–Trinajstić information content (AvgIpc) is 2.38. The lowest BCUT2D eigenvalue weighted by Crippen LogP contribution is -2.11. The van der Waals surface area contributed by atoms with Crippen LogP contribution in [0.15, 0.2) is 54.6 Å². The van der Waals surface area contributed by atoms with Crippen LogP contribution in [0.25, 0.3) is 0 Å². The predicted molar refractivity (Wildman–Crippen MR) is 65.4 cm³/mol. The van der Waals surface area contributed by atoms with E-state index < -0.39 is 11.7 Å². The van der Waals surface area contributed by atoms with Gasteiger partial charge in [-0.1, -0.05) is 55.5 Å². The summed E-state index contributed by atoms with van der Waals surface area (Å²) < 4.78 is 38.8. The van der Waals surface area contributed by atoms with Crippen molar-refractivity contribution < 1.29 is 13.2 Å². The van der Waals surface area contributed by atoms with Crippen molar-refractivity contribution in [2.45, 2.75) is 19.0 Å². The van der Waals surface area contributed by atoms with Gasteiger partial charge in [-0.3, -0.25) is 0 Å². The summed E-state index contributed by atoms with van der Waals surface area (Å²) in [6, 6.07) is 15.0. The number of benzene rings is 2. The molecule has 0 spiro atoms. The molecule has 0 aromatic heterocycles. The van der Waals surface area contributed by atoms with Crippen molar-refractivity contribution in [1.82, 2.24) is 0 Å². The average molecular weight is 250 g/mol. The van der Waals surface area contributed by atoms with Gasteiger partial charge in [-0.2, -0.15) is 13.2 Å². The van der Waals surface area contributed by atoms with E-state index in [0.29, 0.717) is 5.56 Å². The minimum Gasteiger partial charge on any atom is -0.166 e. The molecule has 2 aromatic rings. The van der Waals surface area contributed by atoms with Crippen LogP contribution < -0.4 is 0 Å². The van der Waals surface area contributed by atoms with E-state index in [9.17, 15) is 13.2 Å². The first-order valence-corrected chi connectivity index (χ1v) is 5.71. The number of rotatable bonds is 2. The second kappa shape index (κ2) is 4.84. The molecule has 2 aromatic carbocycles. The first-order chi connectivity index (χ1) is 8.50. The zero-order chi connectivity index (χ0) is 13.2. The smallest absolute Gasteiger partial charge is 0.166 e. The quantitative estimate of drug-likeness (QED) is 0.714. The third-order valence-electron chi connectivity index (χ3n) is 3.03. The van der Waals surface area contributed by atoms with Gasteiger partial charge in [-0.05, 0) is 17.2 Å². The Morgan fingerprint density at radius 3 is 2.00 bits per heavy atom. The minimum absolute atomic E-state index is 0.274. The summed E-state index contributed by atoms with van der Waals surface area (Å²) in [5, 5.41) is 0. The molecule has 0 aliphatic carbocycles.